The molecule has 1 aliphatic rings. The highest BCUT2D eigenvalue weighted by molar-refractivity contribution is 6.32. The van der Waals surface area contributed by atoms with E-state index in [0.717, 1.165) is 28.3 Å². The summed E-state index contributed by atoms with van der Waals surface area (Å²) in [5, 5.41) is 18.7. The van der Waals surface area contributed by atoms with Crippen LogP contribution in [-0.4, -0.2) is 20.7 Å². The highest BCUT2D eigenvalue weighted by Gasteiger charge is 2.54. The van der Waals surface area contributed by atoms with Gasteiger partial charge in [-0.15, -0.1) is 0 Å². The van der Waals surface area contributed by atoms with Gasteiger partial charge in [0, 0.05) is 48.1 Å². The van der Waals surface area contributed by atoms with Gasteiger partial charge in [0.25, 0.3) is 0 Å². The Balaban J connectivity index is 1.55. The summed E-state index contributed by atoms with van der Waals surface area (Å²) in [6.45, 7) is 4.10. The van der Waals surface area contributed by atoms with Gasteiger partial charge in [-0.3, -0.25) is 9.48 Å². The third-order valence-electron chi connectivity index (χ3n) is 6.07. The lowest BCUT2D eigenvalue weighted by Crippen LogP contribution is -2.16. The van der Waals surface area contributed by atoms with Crippen molar-refractivity contribution >= 4 is 34.1 Å². The molecule has 30 heavy (non-hydrogen) atoms. The molecule has 2 aromatic heterocycles. The maximum absolute atomic E-state index is 12.9. The first-order valence-corrected chi connectivity index (χ1v) is 10.6. The van der Waals surface area contributed by atoms with Crippen molar-refractivity contribution in [2.24, 2.45) is 18.9 Å². The van der Waals surface area contributed by atoms with Gasteiger partial charge in [-0.1, -0.05) is 31.9 Å². The van der Waals surface area contributed by atoms with E-state index in [1.165, 1.54) is 0 Å². The van der Waals surface area contributed by atoms with Gasteiger partial charge in [0.2, 0.25) is 5.91 Å². The van der Waals surface area contributed by atoms with Crippen molar-refractivity contribution in [1.29, 1.82) is 5.26 Å². The summed E-state index contributed by atoms with van der Waals surface area (Å²) in [6.07, 6.45) is 6.90. The second-order valence-electron chi connectivity index (χ2n) is 8.11. The molecule has 2 heterocycles. The first-order valence-electron chi connectivity index (χ1n) is 10.2. The number of benzene rings is 1. The minimum Gasteiger partial charge on any atom is -0.310 e. The van der Waals surface area contributed by atoms with Gasteiger partial charge in [0.15, 0.2) is 0 Å². The zero-order valence-corrected chi connectivity index (χ0v) is 18.0. The quantitative estimate of drug-likeness (QED) is 0.605. The van der Waals surface area contributed by atoms with Gasteiger partial charge in [-0.2, -0.15) is 10.4 Å². The molecule has 1 amide bonds. The van der Waals surface area contributed by atoms with E-state index in [0.29, 0.717) is 23.2 Å². The number of hydrogen-bond donors (Lipinski definition) is 1. The first kappa shape index (κ1) is 20.4. The van der Waals surface area contributed by atoms with Crippen LogP contribution in [0.3, 0.4) is 0 Å². The van der Waals surface area contributed by atoms with Crippen molar-refractivity contribution in [2.45, 2.75) is 38.5 Å². The Labute approximate surface area is 180 Å². The minimum absolute atomic E-state index is 0.00501. The smallest absolute Gasteiger partial charge is 0.229 e. The summed E-state index contributed by atoms with van der Waals surface area (Å²) in [7, 11) is 1.89. The van der Waals surface area contributed by atoms with Crippen molar-refractivity contribution in [3.05, 3.63) is 52.9 Å². The second-order valence-corrected chi connectivity index (χ2v) is 8.52. The number of aryl methyl sites for hydroxylation is 1. The van der Waals surface area contributed by atoms with Crippen LogP contribution in [0.2, 0.25) is 5.02 Å². The zero-order valence-electron chi connectivity index (χ0n) is 17.3. The van der Waals surface area contributed by atoms with Crippen LogP contribution in [0.4, 0.5) is 5.82 Å². The molecule has 0 bridgehead atoms. The van der Waals surface area contributed by atoms with E-state index in [9.17, 15) is 4.79 Å². The van der Waals surface area contributed by atoms with Crippen LogP contribution in [0.15, 0.2) is 36.8 Å². The van der Waals surface area contributed by atoms with Crippen LogP contribution in [0.5, 0.6) is 0 Å². The maximum Gasteiger partial charge on any atom is 0.229 e. The number of carbonyl (C=O) groups is 1. The lowest BCUT2D eigenvalue weighted by molar-refractivity contribution is -0.117. The summed E-state index contributed by atoms with van der Waals surface area (Å²) in [6, 6.07) is 7.92. The van der Waals surface area contributed by atoms with Gasteiger partial charge in [-0.05, 0) is 46.5 Å². The molecule has 3 aromatic rings. The fourth-order valence-corrected chi connectivity index (χ4v) is 4.75. The number of nitrogens with one attached hydrogen (secondary N) is 1. The molecular weight excluding hydrogens is 398 g/mol. The average molecular weight is 422 g/mol. The molecule has 4 rings (SSSR count). The normalized spacial score (nSPS) is 21.2. The van der Waals surface area contributed by atoms with Gasteiger partial charge in [0.05, 0.1) is 12.3 Å². The van der Waals surface area contributed by atoms with Crippen LogP contribution in [0, 0.1) is 23.2 Å². The number of nitrogens with zero attached hydrogens (tertiary/aromatic N) is 4. The van der Waals surface area contributed by atoms with E-state index in [1.807, 2.05) is 44.6 Å². The number of nitriles is 1. The highest BCUT2D eigenvalue weighted by atomic mass is 35.5. The molecule has 154 valence electrons. The Morgan fingerprint density at radius 2 is 2.13 bits per heavy atom. The molecule has 1 aromatic carbocycles. The Morgan fingerprint density at radius 3 is 2.80 bits per heavy atom. The number of amides is 1. The van der Waals surface area contributed by atoms with E-state index in [4.69, 9.17) is 16.9 Å². The number of hydrogen-bond acceptors (Lipinski definition) is 4. The van der Waals surface area contributed by atoms with E-state index < -0.39 is 0 Å². The van der Waals surface area contributed by atoms with Crippen LogP contribution < -0.4 is 5.32 Å². The molecule has 6 nitrogen and oxygen atoms in total. The van der Waals surface area contributed by atoms with E-state index >= 15 is 0 Å². The van der Waals surface area contributed by atoms with Crippen molar-refractivity contribution in [3.63, 3.8) is 0 Å². The summed E-state index contributed by atoms with van der Waals surface area (Å²) in [5.41, 5.74) is 2.04. The third kappa shape index (κ3) is 3.78. The fraction of sp³-hybridized carbons (Fsp3) is 0.391. The van der Waals surface area contributed by atoms with Crippen molar-refractivity contribution < 1.29 is 4.79 Å². The van der Waals surface area contributed by atoms with Gasteiger partial charge in [-0.25, -0.2) is 4.98 Å². The molecule has 1 aliphatic carbocycles. The summed E-state index contributed by atoms with van der Waals surface area (Å²) in [4.78, 5) is 17.4. The standard InChI is InChI=1S/C23H24ClN5O/c1-4-17-21(16-11-27-29(3)12-16)22(17)23(30)28-20-9-14-7-18(13(2)5-6-25)19(24)8-15(14)10-26-20/h7-13,17,21-22H,4-5H2,1-3H3,(H,26,28,30)/t13-,17+,21-,22-/m0/s1. The van der Waals surface area contributed by atoms with Crippen LogP contribution in [0.1, 0.15) is 49.7 Å². The molecule has 0 saturated heterocycles. The Hall–Kier alpha value is -2.91. The van der Waals surface area contributed by atoms with Crippen molar-refractivity contribution in [3.8, 4) is 6.07 Å². The zero-order chi connectivity index (χ0) is 21.4. The van der Waals surface area contributed by atoms with Crippen molar-refractivity contribution in [1.82, 2.24) is 14.8 Å². The highest BCUT2D eigenvalue weighted by Crippen LogP contribution is 2.56. The average Bonchev–Trinajstić information content (AvgIpc) is 3.31. The van der Waals surface area contributed by atoms with Gasteiger partial charge < -0.3 is 5.32 Å². The number of fused-ring (bicyclic) bond motifs is 1. The Morgan fingerprint density at radius 1 is 1.33 bits per heavy atom. The van der Waals surface area contributed by atoms with E-state index in [1.54, 1.807) is 10.9 Å². The molecule has 4 atom stereocenters. The molecular formula is C23H24ClN5O. The van der Waals surface area contributed by atoms with Gasteiger partial charge >= 0.3 is 0 Å². The lowest BCUT2D eigenvalue weighted by Gasteiger charge is -2.12. The number of halogens is 1. The molecule has 1 N–H and O–H groups in total. The lowest BCUT2D eigenvalue weighted by atomic mass is 9.96. The summed E-state index contributed by atoms with van der Waals surface area (Å²) in [5.74, 6) is 1.03. The Kier molecular flexibility index (Phi) is 5.48. The van der Waals surface area contributed by atoms with Crippen LogP contribution in [0.25, 0.3) is 10.8 Å². The molecule has 0 aliphatic heterocycles. The number of rotatable bonds is 6. The molecule has 1 saturated carbocycles. The maximum atomic E-state index is 12.9. The van der Waals surface area contributed by atoms with E-state index in [-0.39, 0.29) is 23.7 Å². The molecule has 0 unspecified atom stereocenters. The SMILES string of the molecule is CC[C@H]1[C@H](C(=O)Nc2cc3cc([C@@H](C)CC#N)c(Cl)cc3cn2)[C@H]1c1cnn(C)c1. The summed E-state index contributed by atoms with van der Waals surface area (Å²) < 4.78 is 1.77. The number of aromatic nitrogens is 3. The molecule has 7 heteroatoms. The number of carbonyl (C=O) groups excluding carboxylic acids is 1. The first-order chi connectivity index (χ1) is 14.4. The molecule has 0 radical (unpaired) electrons. The Bertz CT molecular complexity index is 1150. The topological polar surface area (TPSA) is 83.6 Å². The molecule has 0 spiro atoms. The van der Waals surface area contributed by atoms with Crippen molar-refractivity contribution in [2.75, 3.05) is 5.32 Å². The third-order valence-corrected chi connectivity index (χ3v) is 6.40. The van der Waals surface area contributed by atoms with Gasteiger partial charge in [0.1, 0.15) is 5.82 Å². The summed E-state index contributed by atoms with van der Waals surface area (Å²) >= 11 is 6.40. The largest absolute Gasteiger partial charge is 0.310 e. The van der Waals surface area contributed by atoms with Crippen LogP contribution >= 0.6 is 11.6 Å². The number of pyridine rings is 1. The monoisotopic (exact) mass is 421 g/mol. The fourth-order valence-electron chi connectivity index (χ4n) is 4.39. The minimum atomic E-state index is -0.0619. The predicted octanol–water partition coefficient (Wildman–Crippen LogP) is 5.02. The predicted molar refractivity (Wildman–Crippen MR) is 117 cm³/mol. The number of anilines is 1. The second kappa shape index (κ2) is 8.08. The van der Waals surface area contributed by atoms with E-state index in [2.05, 4.69) is 28.4 Å². The van der Waals surface area contributed by atoms with Crippen LogP contribution in [-0.2, 0) is 11.8 Å². The molecule has 1 fully saturated rings.